The summed E-state index contributed by atoms with van der Waals surface area (Å²) in [7, 11) is -2.45. The van der Waals surface area contributed by atoms with Crippen molar-refractivity contribution in [2.75, 3.05) is 13.7 Å². The number of carbonyl (C=O) groups is 1. The van der Waals surface area contributed by atoms with Crippen molar-refractivity contribution in [3.05, 3.63) is 24.2 Å². The zero-order valence-corrected chi connectivity index (χ0v) is 13.6. The van der Waals surface area contributed by atoms with Gasteiger partial charge in [0.1, 0.15) is 11.8 Å². The predicted octanol–water partition coefficient (Wildman–Crippen LogP) is -0.254. The second-order valence-electron chi connectivity index (χ2n) is 5.99. The quantitative estimate of drug-likeness (QED) is 0.704. The van der Waals surface area contributed by atoms with Crippen LogP contribution in [0.1, 0.15) is 32.1 Å². The number of hydrogen-bond donors (Lipinski definition) is 3. The number of aliphatic hydroxyl groups excluding tert-OH is 1. The predicted molar refractivity (Wildman–Crippen MR) is 79.0 cm³/mol. The lowest BCUT2D eigenvalue weighted by Gasteiger charge is -2.37. The molecule has 1 fully saturated rings. The van der Waals surface area contributed by atoms with Crippen molar-refractivity contribution in [3.8, 4) is 0 Å². The number of hydrogen-bond acceptors (Lipinski definition) is 5. The maximum atomic E-state index is 12.4. The fraction of sp³-hybridized carbons (Fsp3) is 0.615. The molecule has 3 N–H and O–H groups in total. The van der Waals surface area contributed by atoms with Crippen LogP contribution in [-0.2, 0) is 15.0 Å². The molecular weight excluding hydrogens is 310 g/mol. The van der Waals surface area contributed by atoms with Crippen LogP contribution in [0.4, 0.5) is 0 Å². The van der Waals surface area contributed by atoms with Crippen LogP contribution in [-0.4, -0.2) is 49.0 Å². The Balaban J connectivity index is 2.23. The summed E-state index contributed by atoms with van der Waals surface area (Å²) in [5.41, 5.74) is -0.827. The number of amides is 1. The Morgan fingerprint density at radius 3 is 2.82 bits per heavy atom. The summed E-state index contributed by atoms with van der Waals surface area (Å²) in [4.78, 5) is 12.4. The molecule has 2 rings (SSSR count). The highest BCUT2D eigenvalue weighted by atomic mass is 32.2. The molecular formula is C13H21N3O5S. The molecule has 1 amide bonds. The van der Waals surface area contributed by atoms with Crippen molar-refractivity contribution in [2.24, 2.45) is 0 Å². The highest BCUT2D eigenvalue weighted by Crippen LogP contribution is 2.28. The molecule has 1 aromatic heterocycles. The van der Waals surface area contributed by atoms with Crippen LogP contribution in [0.25, 0.3) is 0 Å². The monoisotopic (exact) mass is 331 g/mol. The highest BCUT2D eigenvalue weighted by Gasteiger charge is 2.42. The van der Waals surface area contributed by atoms with E-state index < -0.39 is 33.7 Å². The number of rotatable bonds is 4. The van der Waals surface area contributed by atoms with Gasteiger partial charge >= 0.3 is 0 Å². The van der Waals surface area contributed by atoms with Gasteiger partial charge in [0.2, 0.25) is 5.91 Å². The Hall–Kier alpha value is -1.42. The van der Waals surface area contributed by atoms with Crippen molar-refractivity contribution in [1.82, 2.24) is 14.3 Å². The molecule has 8 nitrogen and oxygen atoms in total. The van der Waals surface area contributed by atoms with Gasteiger partial charge in [-0.3, -0.25) is 4.79 Å². The minimum absolute atomic E-state index is 0.233. The van der Waals surface area contributed by atoms with Crippen molar-refractivity contribution in [2.45, 2.75) is 37.9 Å². The van der Waals surface area contributed by atoms with Crippen LogP contribution in [0.5, 0.6) is 0 Å². The Morgan fingerprint density at radius 1 is 1.59 bits per heavy atom. The van der Waals surface area contributed by atoms with E-state index in [1.54, 1.807) is 26.0 Å². The van der Waals surface area contributed by atoms with Crippen molar-refractivity contribution >= 4 is 16.1 Å². The van der Waals surface area contributed by atoms with E-state index in [1.807, 2.05) is 0 Å². The Labute approximate surface area is 129 Å². The molecule has 0 aromatic carbocycles. The fourth-order valence-electron chi connectivity index (χ4n) is 2.24. The van der Waals surface area contributed by atoms with Gasteiger partial charge in [0, 0.05) is 7.05 Å². The van der Waals surface area contributed by atoms with Crippen LogP contribution in [0, 0.1) is 0 Å². The first-order valence-corrected chi connectivity index (χ1v) is 8.32. The van der Waals surface area contributed by atoms with Gasteiger partial charge in [-0.15, -0.1) is 0 Å². The average Bonchev–Trinajstić information content (AvgIpc) is 2.95. The standard InChI is InChI=1S/C13H21N3O5S/c1-13(2,8-17)14-12(18)10-7-9(11-5-4-6-21-11)15-22(19,20)16(10)3/h4-6,9-10,15,17H,7-8H2,1-3H3,(H,14,18)/t9-,10+/m0/s1. The zero-order valence-electron chi connectivity index (χ0n) is 12.7. The van der Waals surface area contributed by atoms with Crippen molar-refractivity contribution < 1.29 is 22.7 Å². The Morgan fingerprint density at radius 2 is 2.27 bits per heavy atom. The third-order valence-corrected chi connectivity index (χ3v) is 5.21. The van der Waals surface area contributed by atoms with Crippen LogP contribution >= 0.6 is 0 Å². The molecule has 0 spiro atoms. The topological polar surface area (TPSA) is 112 Å². The number of nitrogens with one attached hydrogen (secondary N) is 2. The van der Waals surface area contributed by atoms with Gasteiger partial charge in [0.25, 0.3) is 10.2 Å². The lowest BCUT2D eigenvalue weighted by atomic mass is 10.0. The molecule has 0 radical (unpaired) electrons. The van der Waals surface area contributed by atoms with Gasteiger partial charge in [-0.25, -0.2) is 0 Å². The van der Waals surface area contributed by atoms with E-state index in [0.717, 1.165) is 4.31 Å². The minimum Gasteiger partial charge on any atom is -0.468 e. The third-order valence-electron chi connectivity index (χ3n) is 3.61. The lowest BCUT2D eigenvalue weighted by Crippen LogP contribution is -2.60. The molecule has 124 valence electrons. The summed E-state index contributed by atoms with van der Waals surface area (Å²) in [5.74, 6) is -0.000857. The largest absolute Gasteiger partial charge is 0.468 e. The van der Waals surface area contributed by atoms with E-state index in [9.17, 15) is 18.3 Å². The smallest absolute Gasteiger partial charge is 0.280 e. The molecule has 2 atom stereocenters. The van der Waals surface area contributed by atoms with E-state index in [0.29, 0.717) is 5.76 Å². The third kappa shape index (κ3) is 3.49. The molecule has 22 heavy (non-hydrogen) atoms. The summed E-state index contributed by atoms with van der Waals surface area (Å²) in [6, 6.07) is 1.83. The van der Waals surface area contributed by atoms with Gasteiger partial charge in [-0.1, -0.05) is 0 Å². The van der Waals surface area contributed by atoms with E-state index in [-0.39, 0.29) is 13.0 Å². The first-order valence-electron chi connectivity index (χ1n) is 6.88. The Bertz CT molecular complexity index is 626. The zero-order chi connectivity index (χ0) is 16.5. The average molecular weight is 331 g/mol. The van der Waals surface area contributed by atoms with Gasteiger partial charge in [-0.05, 0) is 32.4 Å². The van der Waals surface area contributed by atoms with Crippen molar-refractivity contribution in [1.29, 1.82) is 0 Å². The van der Waals surface area contributed by atoms with Gasteiger partial charge in [0.15, 0.2) is 0 Å². The molecule has 1 aliphatic rings. The number of carbonyl (C=O) groups excluding carboxylic acids is 1. The molecule has 0 saturated carbocycles. The molecule has 9 heteroatoms. The second-order valence-corrected chi connectivity index (χ2v) is 7.75. The van der Waals surface area contributed by atoms with Gasteiger partial charge in [0.05, 0.1) is 24.5 Å². The summed E-state index contributed by atoms with van der Waals surface area (Å²) < 4.78 is 33.1. The number of aliphatic hydroxyl groups is 1. The van der Waals surface area contributed by atoms with E-state index in [2.05, 4.69) is 10.0 Å². The van der Waals surface area contributed by atoms with E-state index in [1.165, 1.54) is 13.3 Å². The SMILES string of the molecule is CN1[C@@H](C(=O)NC(C)(C)CO)C[C@@H](c2ccco2)NS1(=O)=O. The van der Waals surface area contributed by atoms with Crippen LogP contribution in [0.3, 0.4) is 0 Å². The van der Waals surface area contributed by atoms with Crippen molar-refractivity contribution in [3.63, 3.8) is 0 Å². The first-order chi connectivity index (χ1) is 10.2. The molecule has 2 heterocycles. The summed E-state index contributed by atoms with van der Waals surface area (Å²) in [5, 5.41) is 11.9. The molecule has 0 bridgehead atoms. The number of nitrogens with zero attached hydrogens (tertiary/aromatic N) is 1. The molecule has 1 aromatic rings. The lowest BCUT2D eigenvalue weighted by molar-refractivity contribution is -0.127. The minimum atomic E-state index is -3.79. The van der Waals surface area contributed by atoms with Crippen LogP contribution in [0.15, 0.2) is 22.8 Å². The molecule has 0 aliphatic carbocycles. The van der Waals surface area contributed by atoms with Crippen LogP contribution in [0.2, 0.25) is 0 Å². The normalized spacial score (nSPS) is 25.8. The van der Waals surface area contributed by atoms with Crippen LogP contribution < -0.4 is 10.0 Å². The summed E-state index contributed by atoms with van der Waals surface area (Å²) >= 11 is 0. The molecule has 1 saturated heterocycles. The number of furan rings is 1. The molecule has 0 unspecified atom stereocenters. The summed E-state index contributed by atoms with van der Waals surface area (Å²) in [6.07, 6.45) is 1.68. The fourth-order valence-corrected chi connectivity index (χ4v) is 3.50. The highest BCUT2D eigenvalue weighted by molar-refractivity contribution is 7.87. The molecule has 1 aliphatic heterocycles. The maximum absolute atomic E-state index is 12.4. The maximum Gasteiger partial charge on any atom is 0.280 e. The van der Waals surface area contributed by atoms with Gasteiger partial charge < -0.3 is 14.8 Å². The first kappa shape index (κ1) is 16.9. The van der Waals surface area contributed by atoms with Gasteiger partial charge in [-0.2, -0.15) is 17.4 Å². The summed E-state index contributed by atoms with van der Waals surface area (Å²) in [6.45, 7) is 3.07. The van der Waals surface area contributed by atoms with E-state index in [4.69, 9.17) is 4.42 Å². The van der Waals surface area contributed by atoms with E-state index >= 15 is 0 Å². The second kappa shape index (κ2) is 5.99. The number of likely N-dealkylation sites (N-methyl/N-ethyl adjacent to an activating group) is 1. The Kier molecular flexibility index (Phi) is 4.62.